The van der Waals surface area contributed by atoms with Crippen molar-refractivity contribution in [3.8, 4) is 16.6 Å². The van der Waals surface area contributed by atoms with E-state index in [0.29, 0.717) is 15.7 Å². The fourth-order valence-electron chi connectivity index (χ4n) is 1.42. The van der Waals surface area contributed by atoms with E-state index >= 15 is 0 Å². The summed E-state index contributed by atoms with van der Waals surface area (Å²) in [4.78, 5) is 21.2. The maximum atomic E-state index is 10.7. The van der Waals surface area contributed by atoms with Crippen molar-refractivity contribution in [3.63, 3.8) is 0 Å². The summed E-state index contributed by atoms with van der Waals surface area (Å²) >= 11 is 1.18. The topological polar surface area (TPSA) is 78.7 Å². The number of non-ortho nitro benzene ring substituents is 1. The Morgan fingerprint density at radius 3 is 2.63 bits per heavy atom. The van der Waals surface area contributed by atoms with Gasteiger partial charge in [0.25, 0.3) is 5.69 Å². The average molecular weight is 279 g/mol. The fraction of sp³-hybridized carbons (Fsp3) is 0.0833. The number of ether oxygens (including phenoxy) is 2. The first-order chi connectivity index (χ1) is 9.13. The Morgan fingerprint density at radius 2 is 2.05 bits per heavy atom. The van der Waals surface area contributed by atoms with Gasteiger partial charge in [0.05, 0.1) is 23.0 Å². The zero-order valence-electron chi connectivity index (χ0n) is 9.86. The van der Waals surface area contributed by atoms with E-state index in [1.165, 1.54) is 36.6 Å². The lowest BCUT2D eigenvalue weighted by molar-refractivity contribution is -0.384. The minimum Gasteiger partial charge on any atom is -0.493 e. The van der Waals surface area contributed by atoms with Gasteiger partial charge in [-0.3, -0.25) is 14.9 Å². The van der Waals surface area contributed by atoms with E-state index in [0.717, 1.165) is 6.29 Å². The summed E-state index contributed by atoms with van der Waals surface area (Å²) in [6, 6.07) is 7.34. The van der Waals surface area contributed by atoms with E-state index in [1.807, 2.05) is 0 Å². The van der Waals surface area contributed by atoms with E-state index in [4.69, 9.17) is 9.47 Å². The number of methoxy groups -OCH3 is 1. The second-order valence-electron chi connectivity index (χ2n) is 3.47. The molecule has 0 aliphatic heterocycles. The molecule has 1 aromatic carbocycles. The molecule has 98 valence electrons. The minimum absolute atomic E-state index is 0.0797. The highest BCUT2D eigenvalue weighted by Crippen LogP contribution is 2.36. The molecular formula is C12H9NO5S. The summed E-state index contributed by atoms with van der Waals surface area (Å²) in [7, 11) is 1.40. The zero-order valence-corrected chi connectivity index (χ0v) is 10.7. The lowest BCUT2D eigenvalue weighted by atomic mass is 10.3. The Balaban J connectivity index is 2.29. The van der Waals surface area contributed by atoms with Crippen LogP contribution >= 0.6 is 11.3 Å². The highest BCUT2D eigenvalue weighted by molar-refractivity contribution is 7.15. The van der Waals surface area contributed by atoms with Crippen LogP contribution in [0.1, 0.15) is 9.67 Å². The Morgan fingerprint density at radius 1 is 1.26 bits per heavy atom. The van der Waals surface area contributed by atoms with Crippen LogP contribution in [0.4, 0.5) is 5.69 Å². The minimum atomic E-state index is -0.512. The van der Waals surface area contributed by atoms with Crippen LogP contribution in [0.3, 0.4) is 0 Å². The maximum Gasteiger partial charge on any atom is 0.273 e. The molecule has 0 unspecified atom stereocenters. The lowest BCUT2D eigenvalue weighted by Gasteiger charge is -2.08. The van der Waals surface area contributed by atoms with Crippen molar-refractivity contribution >= 4 is 23.3 Å². The molecule has 2 aromatic rings. The summed E-state index contributed by atoms with van der Waals surface area (Å²) in [6.07, 6.45) is 0.727. The van der Waals surface area contributed by atoms with Crippen LogP contribution in [0, 0.1) is 10.1 Å². The second-order valence-corrected chi connectivity index (χ2v) is 4.55. The number of aldehydes is 1. The number of carbonyl (C=O) groups excluding carboxylic acids is 1. The molecule has 0 atom stereocenters. The van der Waals surface area contributed by atoms with Gasteiger partial charge in [-0.15, -0.1) is 0 Å². The van der Waals surface area contributed by atoms with Crippen LogP contribution in [0.25, 0.3) is 0 Å². The number of carbonyl (C=O) groups is 1. The molecule has 0 fully saturated rings. The molecular weight excluding hydrogens is 270 g/mol. The summed E-state index contributed by atoms with van der Waals surface area (Å²) in [6.45, 7) is 0. The van der Waals surface area contributed by atoms with Gasteiger partial charge in [-0.1, -0.05) is 11.3 Å². The number of hydrogen-bond acceptors (Lipinski definition) is 6. The van der Waals surface area contributed by atoms with Gasteiger partial charge >= 0.3 is 0 Å². The standard InChI is InChI=1S/C12H9NO5S/c1-17-11-6-8(13(15)16)2-4-10(11)18-12-5-3-9(7-14)19-12/h2-7H,1H3. The Hall–Kier alpha value is -2.41. The van der Waals surface area contributed by atoms with Crippen molar-refractivity contribution in [2.75, 3.05) is 7.11 Å². The van der Waals surface area contributed by atoms with Crippen molar-refractivity contribution in [2.45, 2.75) is 0 Å². The monoisotopic (exact) mass is 279 g/mol. The van der Waals surface area contributed by atoms with Crippen LogP contribution in [-0.2, 0) is 0 Å². The number of rotatable bonds is 5. The fourth-order valence-corrected chi connectivity index (χ4v) is 2.10. The molecule has 1 heterocycles. The first-order valence-electron chi connectivity index (χ1n) is 5.19. The summed E-state index contributed by atoms with van der Waals surface area (Å²) in [5, 5.41) is 11.2. The SMILES string of the molecule is COc1cc([N+](=O)[O-])ccc1Oc1ccc(C=O)s1. The third kappa shape index (κ3) is 2.89. The largest absolute Gasteiger partial charge is 0.493 e. The molecule has 19 heavy (non-hydrogen) atoms. The Kier molecular flexibility index (Phi) is 3.76. The predicted molar refractivity (Wildman–Crippen MR) is 69.4 cm³/mol. The molecule has 0 bridgehead atoms. The van der Waals surface area contributed by atoms with E-state index < -0.39 is 4.92 Å². The van der Waals surface area contributed by atoms with Crippen molar-refractivity contribution in [1.29, 1.82) is 0 Å². The molecule has 0 amide bonds. The van der Waals surface area contributed by atoms with E-state index in [9.17, 15) is 14.9 Å². The summed E-state index contributed by atoms with van der Waals surface area (Å²) in [5.74, 6) is 0.614. The predicted octanol–water partition coefficient (Wildman–Crippen LogP) is 3.27. The van der Waals surface area contributed by atoms with Crippen LogP contribution in [0.2, 0.25) is 0 Å². The van der Waals surface area contributed by atoms with Gasteiger partial charge in [-0.25, -0.2) is 0 Å². The molecule has 0 aliphatic rings. The number of benzene rings is 1. The van der Waals surface area contributed by atoms with Crippen LogP contribution in [0.15, 0.2) is 30.3 Å². The number of nitro groups is 1. The summed E-state index contributed by atoms with van der Waals surface area (Å²) < 4.78 is 10.6. The zero-order chi connectivity index (χ0) is 13.8. The van der Waals surface area contributed by atoms with Crippen molar-refractivity contribution in [1.82, 2.24) is 0 Å². The molecule has 6 nitrogen and oxygen atoms in total. The first kappa shape index (κ1) is 13.0. The van der Waals surface area contributed by atoms with Gasteiger partial charge in [0, 0.05) is 6.07 Å². The quantitative estimate of drug-likeness (QED) is 0.477. The first-order valence-corrected chi connectivity index (χ1v) is 6.01. The molecule has 1 aromatic heterocycles. The second kappa shape index (κ2) is 5.49. The molecule has 2 rings (SSSR count). The lowest BCUT2D eigenvalue weighted by Crippen LogP contribution is -1.92. The molecule has 7 heteroatoms. The Bertz CT molecular complexity index is 622. The van der Waals surface area contributed by atoms with E-state index in [-0.39, 0.29) is 11.4 Å². The smallest absolute Gasteiger partial charge is 0.273 e. The number of nitro benzene ring substituents is 1. The normalized spacial score (nSPS) is 9.95. The van der Waals surface area contributed by atoms with Gasteiger partial charge < -0.3 is 9.47 Å². The highest BCUT2D eigenvalue weighted by Gasteiger charge is 2.13. The molecule has 0 saturated heterocycles. The molecule has 0 spiro atoms. The Labute approximate surface area is 112 Å². The average Bonchev–Trinajstić information content (AvgIpc) is 2.86. The molecule has 0 N–H and O–H groups in total. The summed E-state index contributed by atoms with van der Waals surface area (Å²) in [5.41, 5.74) is -0.0797. The molecule has 0 aliphatic carbocycles. The third-order valence-corrected chi connectivity index (χ3v) is 3.18. The molecule has 0 radical (unpaired) electrons. The number of nitrogens with zero attached hydrogens (tertiary/aromatic N) is 1. The molecule has 0 saturated carbocycles. The van der Waals surface area contributed by atoms with Gasteiger partial charge in [-0.2, -0.15) is 0 Å². The van der Waals surface area contributed by atoms with E-state index in [1.54, 1.807) is 12.1 Å². The van der Waals surface area contributed by atoms with Gasteiger partial charge in [-0.05, 0) is 18.2 Å². The third-order valence-electron chi connectivity index (χ3n) is 2.29. The van der Waals surface area contributed by atoms with Crippen LogP contribution < -0.4 is 9.47 Å². The number of thiophene rings is 1. The highest BCUT2D eigenvalue weighted by atomic mass is 32.1. The maximum absolute atomic E-state index is 10.7. The van der Waals surface area contributed by atoms with Gasteiger partial charge in [0.1, 0.15) is 0 Å². The van der Waals surface area contributed by atoms with Crippen molar-refractivity contribution < 1.29 is 19.2 Å². The van der Waals surface area contributed by atoms with Gasteiger partial charge in [0.2, 0.25) is 0 Å². The van der Waals surface area contributed by atoms with Crippen molar-refractivity contribution in [2.24, 2.45) is 0 Å². The van der Waals surface area contributed by atoms with E-state index in [2.05, 4.69) is 0 Å². The van der Waals surface area contributed by atoms with Crippen molar-refractivity contribution in [3.05, 3.63) is 45.3 Å². The van der Waals surface area contributed by atoms with Crippen LogP contribution in [0.5, 0.6) is 16.6 Å². The number of hydrogen-bond donors (Lipinski definition) is 0. The van der Waals surface area contributed by atoms with Crippen LogP contribution in [-0.4, -0.2) is 18.3 Å². The van der Waals surface area contributed by atoms with Gasteiger partial charge in [0.15, 0.2) is 22.8 Å².